The quantitative estimate of drug-likeness (QED) is 0.556. The first-order valence-corrected chi connectivity index (χ1v) is 7.67. The normalized spacial score (nSPS) is 11.5. The van der Waals surface area contributed by atoms with Crippen molar-refractivity contribution >= 4 is 0 Å². The van der Waals surface area contributed by atoms with Crippen LogP contribution in [-0.4, -0.2) is 25.5 Å². The average Bonchev–Trinajstić information content (AvgIpc) is 2.43. The molecule has 0 radical (unpaired) electrons. The zero-order valence-corrected chi connectivity index (χ0v) is 14.0. The van der Waals surface area contributed by atoms with Gasteiger partial charge in [-0.25, -0.2) is 0 Å². The van der Waals surface area contributed by atoms with E-state index in [0.717, 1.165) is 30.0 Å². The van der Waals surface area contributed by atoms with Crippen LogP contribution in [-0.2, 0) is 11.3 Å². The smallest absolute Gasteiger partial charge is 0.189 e. The molecule has 1 rings (SSSR count). The van der Waals surface area contributed by atoms with E-state index in [4.69, 9.17) is 14.2 Å². The van der Waals surface area contributed by atoms with E-state index in [-0.39, 0.29) is 12.3 Å². The topological polar surface area (TPSA) is 39.7 Å². The minimum atomic E-state index is 0.0641. The first-order valence-electron chi connectivity index (χ1n) is 7.67. The van der Waals surface area contributed by atoms with Gasteiger partial charge in [0.05, 0.1) is 6.61 Å². The summed E-state index contributed by atoms with van der Waals surface area (Å²) < 4.78 is 16.7. The van der Waals surface area contributed by atoms with Crippen molar-refractivity contribution in [2.45, 2.75) is 53.1 Å². The van der Waals surface area contributed by atoms with Gasteiger partial charge in [-0.3, -0.25) is 0 Å². The fourth-order valence-corrected chi connectivity index (χ4v) is 1.67. The van der Waals surface area contributed by atoms with Gasteiger partial charge in [0.2, 0.25) is 0 Å². The van der Waals surface area contributed by atoms with Gasteiger partial charge in [0.1, 0.15) is 11.5 Å². The lowest BCUT2D eigenvalue weighted by Gasteiger charge is -2.22. The lowest BCUT2D eigenvalue weighted by Crippen LogP contribution is -2.35. The van der Waals surface area contributed by atoms with E-state index in [9.17, 15) is 0 Å². The number of rotatable bonds is 9. The van der Waals surface area contributed by atoms with Crippen molar-refractivity contribution in [2.75, 3.05) is 20.0 Å². The Morgan fingerprint density at radius 2 is 1.86 bits per heavy atom. The second-order valence-electron chi connectivity index (χ2n) is 5.98. The van der Waals surface area contributed by atoms with E-state index in [1.54, 1.807) is 0 Å². The van der Waals surface area contributed by atoms with Gasteiger partial charge in [0.15, 0.2) is 6.79 Å². The first-order chi connectivity index (χ1) is 9.96. The molecule has 21 heavy (non-hydrogen) atoms. The molecule has 0 fully saturated rings. The van der Waals surface area contributed by atoms with Crippen LogP contribution in [0.15, 0.2) is 18.2 Å². The van der Waals surface area contributed by atoms with Gasteiger partial charge in [0.25, 0.3) is 0 Å². The maximum absolute atomic E-state index is 5.72. The third kappa shape index (κ3) is 7.34. The second kappa shape index (κ2) is 8.90. The largest absolute Gasteiger partial charge is 0.493 e. The van der Waals surface area contributed by atoms with Crippen molar-refractivity contribution in [3.63, 3.8) is 0 Å². The molecule has 0 atom stereocenters. The van der Waals surface area contributed by atoms with E-state index in [1.807, 2.05) is 25.1 Å². The van der Waals surface area contributed by atoms with Crippen molar-refractivity contribution in [3.05, 3.63) is 23.8 Å². The van der Waals surface area contributed by atoms with Gasteiger partial charge >= 0.3 is 0 Å². The fourth-order valence-electron chi connectivity index (χ4n) is 1.67. The molecule has 0 spiro atoms. The highest BCUT2D eigenvalue weighted by Crippen LogP contribution is 2.25. The summed E-state index contributed by atoms with van der Waals surface area (Å²) in [5.41, 5.74) is 1.17. The van der Waals surface area contributed by atoms with Crippen LogP contribution in [0, 0.1) is 0 Å². The lowest BCUT2D eigenvalue weighted by atomic mass is 10.1. The van der Waals surface area contributed by atoms with Crippen LogP contribution in [0.25, 0.3) is 0 Å². The van der Waals surface area contributed by atoms with Gasteiger partial charge in [0, 0.05) is 30.3 Å². The molecule has 0 saturated heterocycles. The maximum atomic E-state index is 5.72. The predicted molar refractivity (Wildman–Crippen MR) is 85.9 cm³/mol. The number of hydrogen-bond acceptors (Lipinski definition) is 4. The molecule has 0 amide bonds. The Morgan fingerprint density at radius 1 is 1.10 bits per heavy atom. The zero-order valence-electron chi connectivity index (χ0n) is 14.0. The van der Waals surface area contributed by atoms with E-state index >= 15 is 0 Å². The molecule has 0 aliphatic carbocycles. The first kappa shape index (κ1) is 17.8. The average molecular weight is 295 g/mol. The van der Waals surface area contributed by atoms with Crippen LogP contribution in [0.2, 0.25) is 0 Å². The summed E-state index contributed by atoms with van der Waals surface area (Å²) in [6.45, 7) is 12.8. The number of hydrogen-bond donors (Lipinski definition) is 1. The van der Waals surface area contributed by atoms with E-state index in [0.29, 0.717) is 13.2 Å². The highest BCUT2D eigenvalue weighted by atomic mass is 16.7. The third-order valence-corrected chi connectivity index (χ3v) is 2.82. The van der Waals surface area contributed by atoms with Crippen molar-refractivity contribution < 1.29 is 14.2 Å². The summed E-state index contributed by atoms with van der Waals surface area (Å²) in [4.78, 5) is 0. The predicted octanol–water partition coefficient (Wildman–Crippen LogP) is 3.74. The van der Waals surface area contributed by atoms with Gasteiger partial charge in [-0.05, 0) is 40.2 Å². The Kier molecular flexibility index (Phi) is 7.54. The van der Waals surface area contributed by atoms with Crippen LogP contribution in [0.5, 0.6) is 11.5 Å². The van der Waals surface area contributed by atoms with Gasteiger partial charge in [-0.1, -0.05) is 13.0 Å². The number of ether oxygens (including phenoxy) is 3. The maximum Gasteiger partial charge on any atom is 0.189 e. The van der Waals surface area contributed by atoms with Crippen LogP contribution in [0.1, 0.15) is 46.6 Å². The highest BCUT2D eigenvalue weighted by Gasteiger charge is 2.12. The summed E-state index contributed by atoms with van der Waals surface area (Å²) >= 11 is 0. The Labute approximate surface area is 128 Å². The number of benzene rings is 1. The lowest BCUT2D eigenvalue weighted by molar-refractivity contribution is 0.0216. The molecule has 120 valence electrons. The summed E-state index contributed by atoms with van der Waals surface area (Å²) in [6, 6.07) is 5.97. The minimum absolute atomic E-state index is 0.0641. The molecule has 0 aliphatic rings. The minimum Gasteiger partial charge on any atom is -0.493 e. The van der Waals surface area contributed by atoms with Crippen molar-refractivity contribution in [3.8, 4) is 11.5 Å². The van der Waals surface area contributed by atoms with Crippen molar-refractivity contribution in [1.82, 2.24) is 5.32 Å². The number of nitrogens with one attached hydrogen (secondary N) is 1. The standard InChI is InChI=1S/C17H29NO3/c1-6-10-20-15-9-8-14(12-18-17(3,4)5)16(11-15)21-13-19-7-2/h8-9,11,18H,6-7,10,12-13H2,1-5H3. The van der Waals surface area contributed by atoms with Crippen molar-refractivity contribution in [2.24, 2.45) is 0 Å². The summed E-state index contributed by atoms with van der Waals surface area (Å²) in [5, 5.41) is 3.47. The molecule has 1 aromatic rings. The Bertz CT molecular complexity index is 413. The molecule has 0 bridgehead atoms. The molecule has 4 nitrogen and oxygen atoms in total. The molecule has 0 aromatic heterocycles. The van der Waals surface area contributed by atoms with E-state index in [1.165, 1.54) is 0 Å². The second-order valence-corrected chi connectivity index (χ2v) is 5.98. The molecule has 1 N–H and O–H groups in total. The molecule has 0 saturated carbocycles. The molecular weight excluding hydrogens is 266 g/mol. The van der Waals surface area contributed by atoms with E-state index < -0.39 is 0 Å². The molecular formula is C17H29NO3. The van der Waals surface area contributed by atoms with Crippen LogP contribution < -0.4 is 14.8 Å². The molecule has 1 aromatic carbocycles. The molecule has 0 unspecified atom stereocenters. The van der Waals surface area contributed by atoms with Gasteiger partial charge in [-0.2, -0.15) is 0 Å². The van der Waals surface area contributed by atoms with Crippen LogP contribution >= 0.6 is 0 Å². The van der Waals surface area contributed by atoms with Crippen LogP contribution in [0.4, 0.5) is 0 Å². The fraction of sp³-hybridized carbons (Fsp3) is 0.647. The SMILES string of the molecule is CCCOc1ccc(CNC(C)(C)C)c(OCOCC)c1. The van der Waals surface area contributed by atoms with Crippen LogP contribution in [0.3, 0.4) is 0 Å². The molecule has 4 heteroatoms. The monoisotopic (exact) mass is 295 g/mol. The highest BCUT2D eigenvalue weighted by molar-refractivity contribution is 5.40. The zero-order chi connectivity index (χ0) is 15.7. The van der Waals surface area contributed by atoms with Gasteiger partial charge in [-0.15, -0.1) is 0 Å². The van der Waals surface area contributed by atoms with Crippen molar-refractivity contribution in [1.29, 1.82) is 0 Å². The Balaban J connectivity index is 2.77. The summed E-state index contributed by atoms with van der Waals surface area (Å²) in [7, 11) is 0. The third-order valence-electron chi connectivity index (χ3n) is 2.82. The molecule has 0 aliphatic heterocycles. The summed E-state index contributed by atoms with van der Waals surface area (Å²) in [6.07, 6.45) is 0.989. The Hall–Kier alpha value is -1.26. The Morgan fingerprint density at radius 3 is 2.48 bits per heavy atom. The van der Waals surface area contributed by atoms with Gasteiger partial charge < -0.3 is 19.5 Å². The summed E-state index contributed by atoms with van der Waals surface area (Å²) in [5.74, 6) is 1.65. The molecule has 0 heterocycles. The van der Waals surface area contributed by atoms with E-state index in [2.05, 4.69) is 33.0 Å².